The molecule has 0 aromatic heterocycles. The van der Waals surface area contributed by atoms with Gasteiger partial charge < -0.3 is 9.64 Å². The van der Waals surface area contributed by atoms with Crippen LogP contribution in [0, 0.1) is 5.92 Å². The van der Waals surface area contributed by atoms with Crippen LogP contribution in [-0.4, -0.2) is 30.3 Å². The molecule has 0 saturated carbocycles. The van der Waals surface area contributed by atoms with E-state index in [2.05, 4.69) is 11.8 Å². The molecule has 20 heavy (non-hydrogen) atoms. The minimum atomic E-state index is 0.103. The highest BCUT2D eigenvalue weighted by Gasteiger charge is 2.28. The number of hydrogen-bond acceptors (Lipinski definition) is 3. The van der Waals surface area contributed by atoms with Gasteiger partial charge in [0.2, 0.25) is 0 Å². The fourth-order valence-electron chi connectivity index (χ4n) is 3.45. The molecule has 0 bridgehead atoms. The molecule has 108 valence electrons. The molecule has 0 aromatic rings. The quantitative estimate of drug-likeness (QED) is 0.788. The maximum atomic E-state index is 12.7. The Morgan fingerprint density at radius 3 is 2.90 bits per heavy atom. The van der Waals surface area contributed by atoms with Crippen molar-refractivity contribution in [1.29, 1.82) is 0 Å². The first-order valence-electron chi connectivity index (χ1n) is 7.77. The Morgan fingerprint density at radius 1 is 1.30 bits per heavy atom. The molecule has 1 fully saturated rings. The van der Waals surface area contributed by atoms with Gasteiger partial charge in [-0.2, -0.15) is 0 Å². The number of carbonyl (C=O) groups is 1. The zero-order chi connectivity index (χ0) is 13.9. The number of fused-ring (bicyclic) bond motifs is 1. The second-order valence-electron chi connectivity index (χ2n) is 6.10. The molecule has 3 nitrogen and oxygen atoms in total. The Bertz CT molecular complexity index is 481. The van der Waals surface area contributed by atoms with Gasteiger partial charge in [0.15, 0.2) is 5.78 Å². The van der Waals surface area contributed by atoms with E-state index >= 15 is 0 Å². The number of ketones is 1. The van der Waals surface area contributed by atoms with E-state index in [1.165, 1.54) is 24.8 Å². The first kappa shape index (κ1) is 13.6. The molecular formula is C17H23NO2. The Balaban J connectivity index is 1.67. The number of piperidine rings is 1. The molecule has 0 amide bonds. The van der Waals surface area contributed by atoms with Crippen molar-refractivity contribution < 1.29 is 9.53 Å². The summed E-state index contributed by atoms with van der Waals surface area (Å²) < 4.78 is 5.20. The third-order valence-corrected chi connectivity index (χ3v) is 4.56. The van der Waals surface area contributed by atoms with Gasteiger partial charge in [-0.3, -0.25) is 4.79 Å². The topological polar surface area (TPSA) is 29.5 Å². The van der Waals surface area contributed by atoms with E-state index < -0.39 is 0 Å². The van der Waals surface area contributed by atoms with E-state index in [-0.39, 0.29) is 5.92 Å². The maximum Gasteiger partial charge on any atom is 0.163 e. The Kier molecular flexibility index (Phi) is 4.06. The number of likely N-dealkylation sites (tertiary alicyclic amines) is 1. The van der Waals surface area contributed by atoms with Gasteiger partial charge in [0.25, 0.3) is 0 Å². The number of hydrogen-bond donors (Lipinski definition) is 0. The van der Waals surface area contributed by atoms with Gasteiger partial charge in [-0.1, -0.05) is 13.3 Å². The number of nitrogens with zero attached hydrogens (tertiary/aromatic N) is 1. The molecule has 1 aliphatic carbocycles. The van der Waals surface area contributed by atoms with Crippen LogP contribution in [0.2, 0.25) is 0 Å². The summed E-state index contributed by atoms with van der Waals surface area (Å²) in [5.74, 6) is 0.437. The van der Waals surface area contributed by atoms with Crippen molar-refractivity contribution in [2.24, 2.45) is 5.92 Å². The molecule has 1 saturated heterocycles. The number of allylic oxidation sites excluding steroid dienone is 4. The van der Waals surface area contributed by atoms with Crippen LogP contribution in [-0.2, 0) is 9.53 Å². The summed E-state index contributed by atoms with van der Waals surface area (Å²) in [5, 5.41) is 0. The van der Waals surface area contributed by atoms with Gasteiger partial charge in [-0.25, -0.2) is 0 Å². The normalized spacial score (nSPS) is 24.1. The van der Waals surface area contributed by atoms with Gasteiger partial charge in [0.1, 0.15) is 0 Å². The second-order valence-corrected chi connectivity index (χ2v) is 6.10. The standard InChI is InChI=1S/C17H23NO2/c1-13(11-18-8-3-2-4-9-18)17(19)16-6-5-14-12-20-10-7-15(14)16/h7,10,12-13H,2-6,8-9,11H2,1H3. The summed E-state index contributed by atoms with van der Waals surface area (Å²) in [6.45, 7) is 5.30. The van der Waals surface area contributed by atoms with Crippen LogP contribution < -0.4 is 0 Å². The Hall–Kier alpha value is -1.35. The monoisotopic (exact) mass is 273 g/mol. The number of carbonyl (C=O) groups excluding carboxylic acids is 1. The van der Waals surface area contributed by atoms with Gasteiger partial charge in [0.05, 0.1) is 12.5 Å². The predicted octanol–water partition coefficient (Wildman–Crippen LogP) is 3.20. The lowest BCUT2D eigenvalue weighted by Crippen LogP contribution is -2.36. The highest BCUT2D eigenvalue weighted by atomic mass is 16.5. The van der Waals surface area contributed by atoms with Crippen molar-refractivity contribution in [2.45, 2.75) is 39.0 Å². The molecule has 0 N–H and O–H groups in total. The molecule has 3 rings (SSSR count). The molecule has 2 aliphatic heterocycles. The van der Waals surface area contributed by atoms with Crippen LogP contribution in [0.5, 0.6) is 0 Å². The summed E-state index contributed by atoms with van der Waals surface area (Å²) in [5.41, 5.74) is 3.31. The molecule has 3 aliphatic rings. The lowest BCUT2D eigenvalue weighted by Gasteiger charge is -2.28. The Morgan fingerprint density at radius 2 is 2.10 bits per heavy atom. The third-order valence-electron chi connectivity index (χ3n) is 4.56. The van der Waals surface area contributed by atoms with Crippen molar-refractivity contribution in [3.8, 4) is 0 Å². The summed E-state index contributed by atoms with van der Waals surface area (Å²) in [4.78, 5) is 15.1. The molecule has 0 radical (unpaired) electrons. The van der Waals surface area contributed by atoms with E-state index in [0.29, 0.717) is 5.78 Å². The first-order chi connectivity index (χ1) is 9.75. The van der Waals surface area contributed by atoms with Crippen LogP contribution in [0.25, 0.3) is 0 Å². The van der Waals surface area contributed by atoms with Crippen LogP contribution in [0.3, 0.4) is 0 Å². The average Bonchev–Trinajstić information content (AvgIpc) is 2.91. The highest BCUT2D eigenvalue weighted by molar-refractivity contribution is 6.00. The molecule has 0 aromatic carbocycles. The zero-order valence-electron chi connectivity index (χ0n) is 12.2. The van der Waals surface area contributed by atoms with E-state index in [1.54, 1.807) is 12.5 Å². The van der Waals surface area contributed by atoms with Crippen LogP contribution in [0.15, 0.2) is 35.3 Å². The largest absolute Gasteiger partial charge is 0.472 e. The smallest absolute Gasteiger partial charge is 0.163 e. The van der Waals surface area contributed by atoms with Gasteiger partial charge in [-0.05, 0) is 56.0 Å². The lowest BCUT2D eigenvalue weighted by molar-refractivity contribution is -0.119. The lowest BCUT2D eigenvalue weighted by atomic mass is 9.95. The van der Waals surface area contributed by atoms with Crippen molar-refractivity contribution in [3.63, 3.8) is 0 Å². The highest BCUT2D eigenvalue weighted by Crippen LogP contribution is 2.36. The van der Waals surface area contributed by atoms with Crippen LogP contribution in [0.4, 0.5) is 0 Å². The molecule has 1 unspecified atom stereocenters. The predicted molar refractivity (Wildman–Crippen MR) is 79.0 cm³/mol. The van der Waals surface area contributed by atoms with Crippen molar-refractivity contribution >= 4 is 5.78 Å². The number of ether oxygens (including phenoxy) is 1. The summed E-state index contributed by atoms with van der Waals surface area (Å²) in [7, 11) is 0. The molecule has 2 heterocycles. The number of Topliss-reactive ketones (excluding diaryl/α,β-unsaturated/α-hetero) is 1. The minimum absolute atomic E-state index is 0.103. The average molecular weight is 273 g/mol. The SMILES string of the molecule is CC(CN1CCCCC1)C(=O)C1=C2C=COC=C2CC1. The summed E-state index contributed by atoms with van der Waals surface area (Å²) in [6, 6.07) is 0. The zero-order valence-corrected chi connectivity index (χ0v) is 12.2. The first-order valence-corrected chi connectivity index (χ1v) is 7.77. The van der Waals surface area contributed by atoms with E-state index in [1.807, 2.05) is 6.08 Å². The molecular weight excluding hydrogens is 250 g/mol. The van der Waals surface area contributed by atoms with Crippen LogP contribution >= 0.6 is 0 Å². The molecule has 1 atom stereocenters. The Labute approximate surface area is 121 Å². The fourth-order valence-corrected chi connectivity index (χ4v) is 3.45. The van der Waals surface area contributed by atoms with Crippen molar-refractivity contribution in [3.05, 3.63) is 35.3 Å². The van der Waals surface area contributed by atoms with Crippen molar-refractivity contribution in [2.75, 3.05) is 19.6 Å². The minimum Gasteiger partial charge on any atom is -0.472 e. The van der Waals surface area contributed by atoms with Gasteiger partial charge in [-0.15, -0.1) is 0 Å². The fraction of sp³-hybridized carbons (Fsp3) is 0.588. The van der Waals surface area contributed by atoms with E-state index in [0.717, 1.165) is 43.6 Å². The third kappa shape index (κ3) is 2.73. The maximum absolute atomic E-state index is 12.7. The van der Waals surface area contributed by atoms with Gasteiger partial charge >= 0.3 is 0 Å². The van der Waals surface area contributed by atoms with Crippen molar-refractivity contribution in [1.82, 2.24) is 4.90 Å². The van der Waals surface area contributed by atoms with Gasteiger partial charge in [0, 0.05) is 18.0 Å². The van der Waals surface area contributed by atoms with Crippen LogP contribution in [0.1, 0.15) is 39.0 Å². The van der Waals surface area contributed by atoms with E-state index in [9.17, 15) is 4.79 Å². The molecule has 3 heteroatoms. The molecule has 0 spiro atoms. The summed E-state index contributed by atoms with van der Waals surface area (Å²) >= 11 is 0. The van der Waals surface area contributed by atoms with E-state index in [4.69, 9.17) is 4.74 Å². The number of rotatable bonds is 4. The summed E-state index contributed by atoms with van der Waals surface area (Å²) in [6.07, 6.45) is 11.1. The second kappa shape index (κ2) is 5.96.